The number of thiocarbonyl (C=S) groups is 1. The molecule has 2 aliphatic heterocycles. The normalized spacial score (nSPS) is 19.4. The fourth-order valence-corrected chi connectivity index (χ4v) is 5.10. The molecule has 2 aromatic carbocycles. The van der Waals surface area contributed by atoms with Gasteiger partial charge in [0, 0.05) is 48.5 Å². The van der Waals surface area contributed by atoms with Crippen LogP contribution in [0.1, 0.15) is 36.3 Å². The van der Waals surface area contributed by atoms with Gasteiger partial charge in [-0.15, -0.1) is 0 Å². The van der Waals surface area contributed by atoms with E-state index in [0.717, 1.165) is 56.2 Å². The van der Waals surface area contributed by atoms with E-state index in [2.05, 4.69) is 51.5 Å². The van der Waals surface area contributed by atoms with Crippen molar-refractivity contribution < 1.29 is 4.39 Å². The Hall–Kier alpha value is -2.42. The van der Waals surface area contributed by atoms with E-state index in [0.29, 0.717) is 23.2 Å². The predicted octanol–water partition coefficient (Wildman–Crippen LogP) is 4.17. The molecule has 2 aromatic rings. The molecule has 34 heavy (non-hydrogen) atoms. The number of hydrazone groups is 1. The van der Waals surface area contributed by atoms with E-state index in [1.807, 2.05) is 18.2 Å². The Morgan fingerprint density at radius 2 is 1.79 bits per heavy atom. The van der Waals surface area contributed by atoms with E-state index in [1.165, 1.54) is 5.56 Å². The highest BCUT2D eigenvalue weighted by Crippen LogP contribution is 2.36. The molecule has 2 heterocycles. The molecule has 1 atom stereocenters. The molecule has 0 spiro atoms. The standard InChI is InChI=1S/C25H32ClFN6S/c1-31(2)21-9-12-33(16-21)23-14-24(22(27)13-19(23)15-29-30-25(28)34)32-10-7-18(8-11-32)17-3-5-20(26)6-4-17/h3-6,13-15,18,21H,7-12,16H2,1-2H3,(H3,28,30,34). The summed E-state index contributed by atoms with van der Waals surface area (Å²) < 4.78 is 15.3. The van der Waals surface area contributed by atoms with Crippen molar-refractivity contribution in [3.63, 3.8) is 0 Å². The number of hydrogen-bond acceptors (Lipinski definition) is 5. The topological polar surface area (TPSA) is 60.1 Å². The average Bonchev–Trinajstić information content (AvgIpc) is 3.30. The van der Waals surface area contributed by atoms with E-state index in [9.17, 15) is 0 Å². The molecule has 0 aliphatic carbocycles. The molecule has 2 aliphatic rings. The molecule has 2 saturated heterocycles. The van der Waals surface area contributed by atoms with E-state index in [-0.39, 0.29) is 10.9 Å². The molecule has 6 nitrogen and oxygen atoms in total. The van der Waals surface area contributed by atoms with Gasteiger partial charge in [0.05, 0.1) is 11.9 Å². The van der Waals surface area contributed by atoms with Crippen LogP contribution in [0.15, 0.2) is 41.5 Å². The Morgan fingerprint density at radius 1 is 1.12 bits per heavy atom. The maximum Gasteiger partial charge on any atom is 0.184 e. The lowest BCUT2D eigenvalue weighted by atomic mass is 9.89. The summed E-state index contributed by atoms with van der Waals surface area (Å²) in [6.07, 6.45) is 4.61. The van der Waals surface area contributed by atoms with Gasteiger partial charge in [-0.05, 0) is 81.3 Å². The quantitative estimate of drug-likeness (QED) is 0.351. The minimum Gasteiger partial charge on any atom is -0.375 e. The van der Waals surface area contributed by atoms with Gasteiger partial charge in [-0.2, -0.15) is 5.10 Å². The van der Waals surface area contributed by atoms with Crippen molar-refractivity contribution in [2.45, 2.75) is 31.2 Å². The fraction of sp³-hybridized carbons (Fsp3) is 0.440. The maximum atomic E-state index is 15.3. The molecule has 0 radical (unpaired) electrons. The zero-order valence-corrected chi connectivity index (χ0v) is 21.2. The third-order valence-electron chi connectivity index (χ3n) is 6.89. The van der Waals surface area contributed by atoms with Crippen LogP contribution in [0.3, 0.4) is 0 Å². The second-order valence-corrected chi connectivity index (χ2v) is 10.1. The molecule has 4 rings (SSSR count). The molecule has 182 valence electrons. The predicted molar refractivity (Wildman–Crippen MR) is 144 cm³/mol. The van der Waals surface area contributed by atoms with Crippen molar-refractivity contribution in [1.82, 2.24) is 10.3 Å². The lowest BCUT2D eigenvalue weighted by Crippen LogP contribution is -2.34. The van der Waals surface area contributed by atoms with Gasteiger partial charge < -0.3 is 20.4 Å². The van der Waals surface area contributed by atoms with Crippen molar-refractivity contribution in [2.75, 3.05) is 50.1 Å². The number of rotatable bonds is 6. The monoisotopic (exact) mass is 502 g/mol. The van der Waals surface area contributed by atoms with Gasteiger partial charge in [0.25, 0.3) is 0 Å². The first-order valence-electron chi connectivity index (χ1n) is 11.7. The molecule has 1 unspecified atom stereocenters. The van der Waals surface area contributed by atoms with E-state index >= 15 is 4.39 Å². The second kappa shape index (κ2) is 10.9. The van der Waals surface area contributed by atoms with Gasteiger partial charge in [-0.25, -0.2) is 4.39 Å². The SMILES string of the molecule is CN(C)C1CCN(c2cc(N3CCC(c4ccc(Cl)cc4)CC3)c(F)cc2C=NNC(N)=S)C1. The Bertz CT molecular complexity index is 1040. The highest BCUT2D eigenvalue weighted by Gasteiger charge is 2.28. The average molecular weight is 503 g/mol. The summed E-state index contributed by atoms with van der Waals surface area (Å²) in [4.78, 5) is 6.73. The highest BCUT2D eigenvalue weighted by molar-refractivity contribution is 7.80. The maximum absolute atomic E-state index is 15.3. The first kappa shape index (κ1) is 24.7. The number of piperidine rings is 1. The number of hydrogen-bond donors (Lipinski definition) is 2. The minimum absolute atomic E-state index is 0.0762. The van der Waals surface area contributed by atoms with Gasteiger partial charge in [-0.1, -0.05) is 23.7 Å². The molecule has 0 saturated carbocycles. The zero-order chi connectivity index (χ0) is 24.2. The molecule has 0 bridgehead atoms. The van der Waals surface area contributed by atoms with Gasteiger partial charge in [0.1, 0.15) is 5.82 Å². The van der Waals surface area contributed by atoms with E-state index in [1.54, 1.807) is 12.3 Å². The number of likely N-dealkylation sites (N-methyl/N-ethyl adjacent to an activating group) is 1. The van der Waals surface area contributed by atoms with E-state index < -0.39 is 0 Å². The van der Waals surface area contributed by atoms with Crippen LogP contribution in [-0.2, 0) is 0 Å². The number of nitrogens with one attached hydrogen (secondary N) is 1. The summed E-state index contributed by atoms with van der Waals surface area (Å²) in [6, 6.07) is 12.1. The minimum atomic E-state index is -0.242. The van der Waals surface area contributed by atoms with Crippen LogP contribution in [0.5, 0.6) is 0 Å². The van der Waals surface area contributed by atoms with Crippen molar-refractivity contribution in [3.05, 3.63) is 58.4 Å². The van der Waals surface area contributed by atoms with Gasteiger partial charge in [-0.3, -0.25) is 5.43 Å². The summed E-state index contributed by atoms with van der Waals surface area (Å²) in [7, 11) is 4.20. The number of nitrogens with zero attached hydrogens (tertiary/aromatic N) is 4. The summed E-state index contributed by atoms with van der Waals surface area (Å²) in [5, 5.41) is 4.92. The van der Waals surface area contributed by atoms with E-state index in [4.69, 9.17) is 29.6 Å². The van der Waals surface area contributed by atoms with Gasteiger partial charge in [0.15, 0.2) is 5.11 Å². The first-order chi connectivity index (χ1) is 16.3. The molecular weight excluding hydrogens is 471 g/mol. The number of halogens is 2. The molecular formula is C25H32ClFN6S. The first-order valence-corrected chi connectivity index (χ1v) is 12.4. The summed E-state index contributed by atoms with van der Waals surface area (Å²) >= 11 is 10.9. The van der Waals surface area contributed by atoms with Crippen LogP contribution in [-0.4, -0.2) is 62.5 Å². The third-order valence-corrected chi connectivity index (χ3v) is 7.23. The van der Waals surface area contributed by atoms with Gasteiger partial charge >= 0.3 is 0 Å². The highest BCUT2D eigenvalue weighted by atomic mass is 35.5. The van der Waals surface area contributed by atoms with Crippen molar-refractivity contribution in [3.8, 4) is 0 Å². The summed E-state index contributed by atoms with van der Waals surface area (Å²) in [5.41, 5.74) is 11.7. The van der Waals surface area contributed by atoms with Crippen molar-refractivity contribution in [2.24, 2.45) is 10.8 Å². The van der Waals surface area contributed by atoms with Crippen LogP contribution < -0.4 is 21.0 Å². The van der Waals surface area contributed by atoms with Crippen LogP contribution in [0.25, 0.3) is 0 Å². The molecule has 0 amide bonds. The number of anilines is 2. The molecule has 0 aromatic heterocycles. The fourth-order valence-electron chi connectivity index (χ4n) is 4.92. The summed E-state index contributed by atoms with van der Waals surface area (Å²) in [6.45, 7) is 3.41. The smallest absolute Gasteiger partial charge is 0.184 e. The van der Waals surface area contributed by atoms with Crippen LogP contribution in [0.2, 0.25) is 5.02 Å². The van der Waals surface area contributed by atoms with Gasteiger partial charge in [0.2, 0.25) is 0 Å². The Balaban J connectivity index is 1.56. The zero-order valence-electron chi connectivity index (χ0n) is 19.7. The Morgan fingerprint density at radius 3 is 2.41 bits per heavy atom. The van der Waals surface area contributed by atoms with Crippen LogP contribution >= 0.6 is 23.8 Å². The second-order valence-electron chi connectivity index (χ2n) is 9.26. The molecule has 9 heteroatoms. The van der Waals surface area contributed by atoms with Crippen LogP contribution in [0.4, 0.5) is 15.8 Å². The molecule has 3 N–H and O–H groups in total. The Labute approximate surface area is 211 Å². The molecule has 2 fully saturated rings. The third kappa shape index (κ3) is 5.79. The Kier molecular flexibility index (Phi) is 7.91. The van der Waals surface area contributed by atoms with Crippen molar-refractivity contribution in [1.29, 1.82) is 0 Å². The number of nitrogens with two attached hydrogens (primary N) is 1. The summed E-state index contributed by atoms with van der Waals surface area (Å²) in [5.74, 6) is 0.224. The number of benzene rings is 2. The van der Waals surface area contributed by atoms with Crippen LogP contribution in [0, 0.1) is 5.82 Å². The lowest BCUT2D eigenvalue weighted by molar-refractivity contribution is 0.315. The lowest BCUT2D eigenvalue weighted by Gasteiger charge is -2.35. The van der Waals surface area contributed by atoms with Crippen molar-refractivity contribution >= 4 is 46.5 Å². The largest absolute Gasteiger partial charge is 0.375 e.